The number of carbonyl (C=O) groups excluding carboxylic acids is 1. The van der Waals surface area contributed by atoms with E-state index in [2.05, 4.69) is 10.6 Å². The maximum absolute atomic E-state index is 13.5. The average molecular weight is 256 g/mol. The van der Waals surface area contributed by atoms with E-state index in [1.165, 1.54) is 12.1 Å². The summed E-state index contributed by atoms with van der Waals surface area (Å²) in [7, 11) is 0. The van der Waals surface area contributed by atoms with Crippen LogP contribution in [0.15, 0.2) is 18.2 Å². The first-order valence-corrected chi connectivity index (χ1v) is 5.71. The number of amides is 2. The lowest BCUT2D eigenvalue weighted by atomic mass is 10.2. The van der Waals surface area contributed by atoms with Crippen LogP contribution in [-0.4, -0.2) is 30.9 Å². The van der Waals surface area contributed by atoms with Crippen molar-refractivity contribution in [3.05, 3.63) is 29.6 Å². The number of aliphatic hydroxyl groups is 1. The highest BCUT2D eigenvalue weighted by Crippen LogP contribution is 2.18. The highest BCUT2D eigenvalue weighted by atomic mass is 19.1. The van der Waals surface area contributed by atoms with Gasteiger partial charge in [0, 0.05) is 13.1 Å². The van der Waals surface area contributed by atoms with Gasteiger partial charge >= 0.3 is 6.03 Å². The molecule has 0 saturated carbocycles. The number of carbonyl (C=O) groups is 1. The third-order valence-corrected chi connectivity index (χ3v) is 2.15. The number of nitrogens with one attached hydrogen (secondary N) is 2. The number of halogens is 1. The van der Waals surface area contributed by atoms with Gasteiger partial charge in [-0.15, -0.1) is 0 Å². The van der Waals surface area contributed by atoms with Crippen molar-refractivity contribution in [3.63, 3.8) is 0 Å². The lowest BCUT2D eigenvalue weighted by molar-refractivity contribution is 0.234. The molecule has 2 amide bonds. The lowest BCUT2D eigenvalue weighted by Crippen LogP contribution is -2.36. The fraction of sp³-hybridized carbons (Fsp3) is 0.417. The number of benzene rings is 1. The van der Waals surface area contributed by atoms with Crippen molar-refractivity contribution in [2.45, 2.75) is 13.5 Å². The predicted octanol–water partition coefficient (Wildman–Crippen LogP) is 1.02. The van der Waals surface area contributed by atoms with Gasteiger partial charge in [0.25, 0.3) is 0 Å². The van der Waals surface area contributed by atoms with Crippen LogP contribution in [-0.2, 0) is 6.54 Å². The SMILES string of the molecule is CCOc1ccc(CNC(=O)NCCO)cc1F. The van der Waals surface area contributed by atoms with Gasteiger partial charge in [-0.05, 0) is 24.6 Å². The zero-order chi connectivity index (χ0) is 13.4. The van der Waals surface area contributed by atoms with Crippen LogP contribution in [0.2, 0.25) is 0 Å². The summed E-state index contributed by atoms with van der Waals surface area (Å²) in [4.78, 5) is 11.2. The lowest BCUT2D eigenvalue weighted by Gasteiger charge is -2.08. The summed E-state index contributed by atoms with van der Waals surface area (Å²) in [6.07, 6.45) is 0. The fourth-order valence-corrected chi connectivity index (χ4v) is 1.34. The Bertz CT molecular complexity index is 399. The van der Waals surface area contributed by atoms with E-state index in [9.17, 15) is 9.18 Å². The van der Waals surface area contributed by atoms with E-state index in [-0.39, 0.29) is 25.4 Å². The van der Waals surface area contributed by atoms with Crippen LogP contribution in [0.5, 0.6) is 5.75 Å². The summed E-state index contributed by atoms with van der Waals surface area (Å²) < 4.78 is 18.5. The summed E-state index contributed by atoms with van der Waals surface area (Å²) in [5.74, 6) is -0.252. The van der Waals surface area contributed by atoms with Crippen LogP contribution >= 0.6 is 0 Å². The molecule has 18 heavy (non-hydrogen) atoms. The third-order valence-electron chi connectivity index (χ3n) is 2.15. The quantitative estimate of drug-likeness (QED) is 0.711. The van der Waals surface area contributed by atoms with Crippen molar-refractivity contribution >= 4 is 6.03 Å². The smallest absolute Gasteiger partial charge is 0.315 e. The van der Waals surface area contributed by atoms with Crippen LogP contribution in [0.25, 0.3) is 0 Å². The van der Waals surface area contributed by atoms with Crippen LogP contribution in [0, 0.1) is 5.82 Å². The molecule has 0 saturated heterocycles. The van der Waals surface area contributed by atoms with Crippen LogP contribution in [0.1, 0.15) is 12.5 Å². The van der Waals surface area contributed by atoms with Gasteiger partial charge in [-0.2, -0.15) is 0 Å². The van der Waals surface area contributed by atoms with Crippen molar-refractivity contribution in [1.29, 1.82) is 0 Å². The van der Waals surface area contributed by atoms with Crippen molar-refractivity contribution in [1.82, 2.24) is 10.6 Å². The maximum atomic E-state index is 13.5. The molecule has 0 spiro atoms. The first-order valence-electron chi connectivity index (χ1n) is 5.71. The number of urea groups is 1. The van der Waals surface area contributed by atoms with E-state index in [0.717, 1.165) is 0 Å². The molecule has 0 aliphatic carbocycles. The monoisotopic (exact) mass is 256 g/mol. The Morgan fingerprint density at radius 3 is 2.83 bits per heavy atom. The number of aliphatic hydroxyl groups excluding tert-OH is 1. The second kappa shape index (κ2) is 7.50. The van der Waals surface area contributed by atoms with E-state index >= 15 is 0 Å². The molecule has 0 radical (unpaired) electrons. The van der Waals surface area contributed by atoms with Gasteiger partial charge in [0.1, 0.15) is 0 Å². The van der Waals surface area contributed by atoms with E-state index < -0.39 is 11.8 Å². The van der Waals surface area contributed by atoms with Gasteiger partial charge in [0.2, 0.25) is 0 Å². The molecule has 0 aliphatic heterocycles. The van der Waals surface area contributed by atoms with Crippen LogP contribution in [0.4, 0.5) is 9.18 Å². The molecular weight excluding hydrogens is 239 g/mol. The molecule has 0 atom stereocenters. The van der Waals surface area contributed by atoms with Crippen molar-refractivity contribution in [3.8, 4) is 5.75 Å². The van der Waals surface area contributed by atoms with Crippen LogP contribution < -0.4 is 15.4 Å². The minimum absolute atomic E-state index is 0.120. The van der Waals surface area contributed by atoms with Gasteiger partial charge < -0.3 is 20.5 Å². The summed E-state index contributed by atoms with van der Waals surface area (Å²) in [5, 5.41) is 13.5. The zero-order valence-electron chi connectivity index (χ0n) is 10.2. The molecule has 0 bridgehead atoms. The molecule has 0 fully saturated rings. The third kappa shape index (κ3) is 4.58. The maximum Gasteiger partial charge on any atom is 0.315 e. The molecule has 1 aromatic rings. The molecule has 5 nitrogen and oxygen atoms in total. The summed E-state index contributed by atoms with van der Waals surface area (Å²) in [6, 6.07) is 4.12. The Labute approximate surface area is 105 Å². The molecule has 3 N–H and O–H groups in total. The Balaban J connectivity index is 2.48. The minimum atomic E-state index is -0.452. The van der Waals surface area contributed by atoms with Crippen molar-refractivity contribution in [2.24, 2.45) is 0 Å². The summed E-state index contributed by atoms with van der Waals surface area (Å²) >= 11 is 0. The van der Waals surface area contributed by atoms with Crippen LogP contribution in [0.3, 0.4) is 0 Å². The molecule has 100 valence electrons. The normalized spacial score (nSPS) is 9.94. The molecule has 6 heteroatoms. The molecule has 0 unspecified atom stereocenters. The van der Waals surface area contributed by atoms with E-state index in [1.54, 1.807) is 13.0 Å². The largest absolute Gasteiger partial charge is 0.491 e. The Hall–Kier alpha value is -1.82. The molecule has 1 rings (SSSR count). The topological polar surface area (TPSA) is 70.6 Å². The highest BCUT2D eigenvalue weighted by Gasteiger charge is 2.05. The number of ether oxygens (including phenoxy) is 1. The van der Waals surface area contributed by atoms with Gasteiger partial charge in [-0.25, -0.2) is 9.18 Å². The Kier molecular flexibility index (Phi) is 5.93. The predicted molar refractivity (Wildman–Crippen MR) is 64.9 cm³/mol. The second-order valence-electron chi connectivity index (χ2n) is 3.53. The van der Waals surface area contributed by atoms with Crippen molar-refractivity contribution < 1.29 is 19.0 Å². The Morgan fingerprint density at radius 2 is 2.22 bits per heavy atom. The molecule has 1 aromatic carbocycles. The highest BCUT2D eigenvalue weighted by molar-refractivity contribution is 5.73. The number of hydrogen-bond donors (Lipinski definition) is 3. The first kappa shape index (κ1) is 14.2. The van der Waals surface area contributed by atoms with Crippen molar-refractivity contribution in [2.75, 3.05) is 19.8 Å². The molecule has 0 aliphatic rings. The second-order valence-corrected chi connectivity index (χ2v) is 3.53. The minimum Gasteiger partial charge on any atom is -0.491 e. The van der Waals surface area contributed by atoms with Gasteiger partial charge in [-0.1, -0.05) is 6.07 Å². The van der Waals surface area contributed by atoms with E-state index in [1.807, 2.05) is 0 Å². The van der Waals surface area contributed by atoms with Gasteiger partial charge in [-0.3, -0.25) is 0 Å². The number of hydrogen-bond acceptors (Lipinski definition) is 3. The van der Waals surface area contributed by atoms with Gasteiger partial charge in [0.15, 0.2) is 11.6 Å². The molecule has 0 heterocycles. The molecular formula is C12H17FN2O3. The molecule has 0 aromatic heterocycles. The number of rotatable bonds is 6. The fourth-order valence-electron chi connectivity index (χ4n) is 1.34. The average Bonchev–Trinajstić information content (AvgIpc) is 2.37. The van der Waals surface area contributed by atoms with E-state index in [4.69, 9.17) is 9.84 Å². The summed E-state index contributed by atoms with van der Waals surface area (Å²) in [6.45, 7) is 2.45. The first-order chi connectivity index (χ1) is 8.67. The summed E-state index contributed by atoms with van der Waals surface area (Å²) in [5.41, 5.74) is 0.634. The van der Waals surface area contributed by atoms with Gasteiger partial charge in [0.05, 0.1) is 13.2 Å². The Morgan fingerprint density at radius 1 is 1.44 bits per heavy atom. The van der Waals surface area contributed by atoms with E-state index in [0.29, 0.717) is 12.2 Å². The standard InChI is InChI=1S/C12H17FN2O3/c1-2-18-11-4-3-9(7-10(11)13)8-15-12(17)14-5-6-16/h3-4,7,16H,2,5-6,8H2,1H3,(H2,14,15,17). The zero-order valence-corrected chi connectivity index (χ0v) is 10.2.